The molecule has 4 fully saturated rings. The average molecular weight is 265 g/mol. The summed E-state index contributed by atoms with van der Waals surface area (Å²) in [6.07, 6.45) is 1.09. The SMILES string of the molecule is Cc1nnc(C23CCC4(OC(=O)C(=O)O4)N(C2)C3)o1. The van der Waals surface area contributed by atoms with E-state index in [9.17, 15) is 9.59 Å². The highest BCUT2D eigenvalue weighted by Crippen LogP contribution is 2.51. The summed E-state index contributed by atoms with van der Waals surface area (Å²) in [5.41, 5.74) is -0.200. The molecular weight excluding hydrogens is 254 g/mol. The van der Waals surface area contributed by atoms with Crippen molar-refractivity contribution in [2.24, 2.45) is 0 Å². The maximum absolute atomic E-state index is 11.2. The normalized spacial score (nSPS) is 34.9. The molecule has 4 saturated heterocycles. The summed E-state index contributed by atoms with van der Waals surface area (Å²) in [6, 6.07) is 0. The monoisotopic (exact) mass is 265 g/mol. The molecule has 5 rings (SSSR count). The summed E-state index contributed by atoms with van der Waals surface area (Å²) < 4.78 is 15.7. The summed E-state index contributed by atoms with van der Waals surface area (Å²) in [7, 11) is 0. The highest BCUT2D eigenvalue weighted by Gasteiger charge is 2.66. The van der Waals surface area contributed by atoms with Gasteiger partial charge in [0.05, 0.1) is 5.41 Å². The first-order valence-corrected chi connectivity index (χ1v) is 6.05. The highest BCUT2D eigenvalue weighted by atomic mass is 16.8. The molecular formula is C11H11N3O5. The van der Waals surface area contributed by atoms with Gasteiger partial charge in [0.15, 0.2) is 0 Å². The Morgan fingerprint density at radius 1 is 1.11 bits per heavy atom. The average Bonchev–Trinajstić information content (AvgIpc) is 2.85. The van der Waals surface area contributed by atoms with Crippen LogP contribution in [-0.2, 0) is 24.5 Å². The number of esters is 2. The number of hydrogen-bond acceptors (Lipinski definition) is 8. The number of fused-ring (bicyclic) bond motifs is 1. The molecule has 2 bridgehead atoms. The summed E-state index contributed by atoms with van der Waals surface area (Å²) in [5.74, 6) is -1.92. The van der Waals surface area contributed by atoms with E-state index in [0.29, 0.717) is 37.7 Å². The Labute approximate surface area is 107 Å². The lowest BCUT2D eigenvalue weighted by Gasteiger charge is -2.57. The van der Waals surface area contributed by atoms with Crippen molar-refractivity contribution in [3.8, 4) is 0 Å². The Kier molecular flexibility index (Phi) is 1.80. The van der Waals surface area contributed by atoms with E-state index in [1.807, 2.05) is 4.90 Å². The second-order valence-electron chi connectivity index (χ2n) is 5.25. The summed E-state index contributed by atoms with van der Waals surface area (Å²) in [5, 5.41) is 7.90. The Bertz CT molecular complexity index is 567. The quantitative estimate of drug-likeness (QED) is 0.494. The molecule has 0 radical (unpaired) electrons. The standard InChI is InChI=1S/C11H11N3O5/c1-6-12-13-9(17-6)10-2-3-11(14(4-10)5-10)18-7(15)8(16)19-11/h2-5H2,1H3. The second kappa shape index (κ2) is 3.13. The van der Waals surface area contributed by atoms with Crippen molar-refractivity contribution < 1.29 is 23.5 Å². The van der Waals surface area contributed by atoms with Crippen LogP contribution in [0.15, 0.2) is 4.42 Å². The summed E-state index contributed by atoms with van der Waals surface area (Å²) in [6.45, 7) is 2.90. The van der Waals surface area contributed by atoms with Crippen LogP contribution in [0.4, 0.5) is 0 Å². The molecule has 0 N–H and O–H groups in total. The maximum atomic E-state index is 11.2. The third-order valence-electron chi connectivity index (χ3n) is 4.04. The van der Waals surface area contributed by atoms with Gasteiger partial charge in [0, 0.05) is 26.4 Å². The van der Waals surface area contributed by atoms with Crippen LogP contribution in [0.25, 0.3) is 0 Å². The Balaban J connectivity index is 1.59. The van der Waals surface area contributed by atoms with E-state index in [1.54, 1.807) is 6.92 Å². The van der Waals surface area contributed by atoms with E-state index in [4.69, 9.17) is 13.9 Å². The number of aryl methyl sites for hydroxylation is 1. The highest BCUT2D eigenvalue weighted by molar-refractivity contribution is 6.31. The lowest BCUT2D eigenvalue weighted by molar-refractivity contribution is -0.309. The maximum Gasteiger partial charge on any atom is 0.421 e. The van der Waals surface area contributed by atoms with E-state index in [0.717, 1.165) is 0 Å². The third kappa shape index (κ3) is 1.26. The number of carbonyl (C=O) groups excluding carboxylic acids is 2. The van der Waals surface area contributed by atoms with Gasteiger partial charge < -0.3 is 13.9 Å². The molecule has 0 saturated carbocycles. The van der Waals surface area contributed by atoms with Crippen molar-refractivity contribution in [2.75, 3.05) is 13.1 Å². The smallest absolute Gasteiger partial charge is 0.421 e. The van der Waals surface area contributed by atoms with Crippen LogP contribution in [0.1, 0.15) is 24.6 Å². The van der Waals surface area contributed by atoms with Crippen molar-refractivity contribution in [1.82, 2.24) is 15.1 Å². The van der Waals surface area contributed by atoms with Crippen LogP contribution in [0.5, 0.6) is 0 Å². The van der Waals surface area contributed by atoms with Gasteiger partial charge in [-0.05, 0) is 6.42 Å². The van der Waals surface area contributed by atoms with Gasteiger partial charge >= 0.3 is 17.8 Å². The fourth-order valence-corrected chi connectivity index (χ4v) is 3.02. The molecule has 0 amide bonds. The van der Waals surface area contributed by atoms with E-state index in [1.165, 1.54) is 0 Å². The molecule has 5 heterocycles. The molecule has 4 aliphatic heterocycles. The summed E-state index contributed by atoms with van der Waals surface area (Å²) in [4.78, 5) is 24.2. The van der Waals surface area contributed by atoms with Gasteiger partial charge in [-0.15, -0.1) is 10.2 Å². The van der Waals surface area contributed by atoms with Crippen LogP contribution in [0.3, 0.4) is 0 Å². The molecule has 4 aliphatic rings. The van der Waals surface area contributed by atoms with Crippen LogP contribution < -0.4 is 0 Å². The van der Waals surface area contributed by atoms with Gasteiger partial charge in [-0.2, -0.15) is 0 Å². The van der Waals surface area contributed by atoms with Crippen molar-refractivity contribution in [3.63, 3.8) is 0 Å². The molecule has 0 unspecified atom stereocenters. The zero-order valence-corrected chi connectivity index (χ0v) is 10.2. The number of carbonyl (C=O) groups is 2. The van der Waals surface area contributed by atoms with Crippen molar-refractivity contribution >= 4 is 11.9 Å². The van der Waals surface area contributed by atoms with Gasteiger partial charge in [0.2, 0.25) is 11.8 Å². The van der Waals surface area contributed by atoms with E-state index >= 15 is 0 Å². The molecule has 0 aromatic carbocycles. The second-order valence-corrected chi connectivity index (χ2v) is 5.25. The summed E-state index contributed by atoms with van der Waals surface area (Å²) >= 11 is 0. The predicted octanol–water partition coefficient (Wildman–Crippen LogP) is -0.521. The molecule has 0 atom stereocenters. The molecule has 8 heteroatoms. The van der Waals surface area contributed by atoms with Gasteiger partial charge in [-0.3, -0.25) is 0 Å². The Morgan fingerprint density at radius 3 is 2.26 bits per heavy atom. The molecule has 19 heavy (non-hydrogen) atoms. The minimum atomic E-state index is -1.20. The number of rotatable bonds is 1. The molecule has 1 spiro atoms. The number of nitrogens with zero attached hydrogens (tertiary/aromatic N) is 3. The fourth-order valence-electron chi connectivity index (χ4n) is 3.02. The molecule has 100 valence electrons. The van der Waals surface area contributed by atoms with Crippen molar-refractivity contribution in [3.05, 3.63) is 11.8 Å². The zero-order valence-electron chi connectivity index (χ0n) is 10.2. The van der Waals surface area contributed by atoms with E-state index in [-0.39, 0.29) is 5.41 Å². The lowest BCUT2D eigenvalue weighted by Crippen LogP contribution is -2.72. The Morgan fingerprint density at radius 2 is 1.79 bits per heavy atom. The largest absolute Gasteiger partial charge is 0.425 e. The zero-order chi connectivity index (χ0) is 13.3. The number of piperidine rings is 2. The van der Waals surface area contributed by atoms with Gasteiger partial charge in [-0.25, -0.2) is 14.5 Å². The molecule has 8 nitrogen and oxygen atoms in total. The predicted molar refractivity (Wildman–Crippen MR) is 56.4 cm³/mol. The van der Waals surface area contributed by atoms with Crippen LogP contribution in [0, 0.1) is 6.92 Å². The minimum Gasteiger partial charge on any atom is -0.425 e. The first-order valence-electron chi connectivity index (χ1n) is 6.05. The number of aromatic nitrogens is 2. The van der Waals surface area contributed by atoms with Crippen LogP contribution >= 0.6 is 0 Å². The minimum absolute atomic E-state index is 0.200. The van der Waals surface area contributed by atoms with Gasteiger partial charge in [0.1, 0.15) is 0 Å². The van der Waals surface area contributed by atoms with Crippen LogP contribution in [0.2, 0.25) is 0 Å². The molecule has 1 aromatic rings. The van der Waals surface area contributed by atoms with Gasteiger partial charge in [0.25, 0.3) is 0 Å². The van der Waals surface area contributed by atoms with Crippen LogP contribution in [-0.4, -0.2) is 46.0 Å². The molecule has 0 aliphatic carbocycles. The van der Waals surface area contributed by atoms with E-state index < -0.39 is 17.8 Å². The fraction of sp³-hybridized carbons (Fsp3) is 0.636. The van der Waals surface area contributed by atoms with Crippen molar-refractivity contribution in [1.29, 1.82) is 0 Å². The lowest BCUT2D eigenvalue weighted by atomic mass is 9.70. The van der Waals surface area contributed by atoms with E-state index in [2.05, 4.69) is 10.2 Å². The van der Waals surface area contributed by atoms with Gasteiger partial charge in [-0.1, -0.05) is 0 Å². The Hall–Kier alpha value is -1.96. The number of hydrogen-bond donors (Lipinski definition) is 0. The number of ether oxygens (including phenoxy) is 2. The topological polar surface area (TPSA) is 94.8 Å². The first-order chi connectivity index (χ1) is 9.03. The molecule has 1 aromatic heterocycles. The first kappa shape index (κ1) is 10.9. The van der Waals surface area contributed by atoms with Crippen molar-refractivity contribution in [2.45, 2.75) is 31.1 Å². The third-order valence-corrected chi connectivity index (χ3v) is 4.04.